The summed E-state index contributed by atoms with van der Waals surface area (Å²) in [6.45, 7) is 15.0. The van der Waals surface area contributed by atoms with Crippen LogP contribution in [0.4, 0.5) is 0 Å². The van der Waals surface area contributed by atoms with Gasteiger partial charge in [0.2, 0.25) is 0 Å². The Morgan fingerprint density at radius 1 is 0.810 bits per heavy atom. The van der Waals surface area contributed by atoms with Crippen molar-refractivity contribution >= 4 is 17.7 Å². The second-order valence-corrected chi connectivity index (χ2v) is 19.8. The third kappa shape index (κ3) is 9.63. The summed E-state index contributed by atoms with van der Waals surface area (Å²) >= 11 is 0. The van der Waals surface area contributed by atoms with Crippen LogP contribution < -0.4 is 0 Å². The van der Waals surface area contributed by atoms with Crippen molar-refractivity contribution < 1.29 is 53.0 Å². The molecular weight excluding hydrogens is 801 g/mol. The molecule has 0 aromatic carbocycles. The summed E-state index contributed by atoms with van der Waals surface area (Å²) < 4.78 is 39.5. The molecule has 0 unspecified atom stereocenters. The van der Waals surface area contributed by atoms with E-state index in [1.807, 2.05) is 19.1 Å². The topological polar surface area (TPSA) is 150 Å². The van der Waals surface area contributed by atoms with Crippen LogP contribution in [-0.2, 0) is 42.8 Å². The van der Waals surface area contributed by atoms with E-state index >= 15 is 0 Å². The first-order valence-corrected chi connectivity index (χ1v) is 24.9. The number of hydrogen-bond donors (Lipinski definition) is 2. The van der Waals surface area contributed by atoms with Crippen molar-refractivity contribution in [1.82, 2.24) is 0 Å². The fraction of sp³-hybridized carbons (Fsp3) is 0.788. The lowest BCUT2D eigenvalue weighted by molar-refractivity contribution is -0.407. The zero-order chi connectivity index (χ0) is 45.5. The van der Waals surface area contributed by atoms with E-state index in [2.05, 4.69) is 26.5 Å². The summed E-state index contributed by atoms with van der Waals surface area (Å²) in [6.07, 6.45) is 29.7. The Bertz CT molecular complexity index is 1700. The van der Waals surface area contributed by atoms with Gasteiger partial charge in [-0.15, -0.1) is 0 Å². The Hall–Kier alpha value is -2.67. The lowest BCUT2D eigenvalue weighted by Crippen LogP contribution is -2.76. The minimum atomic E-state index is -2.44. The number of allylic oxidation sites excluding steroid dienone is 3. The average molecular weight is 881 g/mol. The van der Waals surface area contributed by atoms with Crippen LogP contribution in [0.3, 0.4) is 0 Å². The van der Waals surface area contributed by atoms with Gasteiger partial charge in [-0.2, -0.15) is 0 Å². The highest BCUT2D eigenvalue weighted by Crippen LogP contribution is 2.73. The number of aliphatic hydroxyl groups is 2. The van der Waals surface area contributed by atoms with Gasteiger partial charge in [-0.25, -0.2) is 0 Å². The van der Waals surface area contributed by atoms with E-state index in [0.29, 0.717) is 12.0 Å². The van der Waals surface area contributed by atoms with Gasteiger partial charge in [0, 0.05) is 37.2 Å². The molecule has 3 bridgehead atoms. The second kappa shape index (κ2) is 21.3. The number of carbonyl (C=O) groups excluding carboxylic acids is 3. The van der Waals surface area contributed by atoms with Crippen LogP contribution >= 0.6 is 0 Å². The van der Waals surface area contributed by atoms with Crippen molar-refractivity contribution in [2.24, 2.45) is 17.8 Å². The maximum Gasteiger partial charge on any atom is 0.307 e. The van der Waals surface area contributed by atoms with Crippen molar-refractivity contribution in [2.75, 3.05) is 6.61 Å². The highest BCUT2D eigenvalue weighted by molar-refractivity contribution is 6.05. The summed E-state index contributed by atoms with van der Waals surface area (Å²) in [5.41, 5.74) is -6.31. The van der Waals surface area contributed by atoms with Crippen molar-refractivity contribution in [3.8, 4) is 0 Å². The van der Waals surface area contributed by atoms with E-state index in [1.54, 1.807) is 26.0 Å². The molecule has 354 valence electrons. The number of carbonyl (C=O) groups is 3. The standard InChI is InChI=1S/C52H80O11/c1-8-10-12-14-16-18-20-21-22-24-26-28-30-32-41(54)58-35-48-45(60-48)42-46-51(36(3)4)44(59-39(7)53)38(6)52(42,40-34-37(5)43(55)50(40,57)47(48)56)63-49(61-46,62-51)33-31-29-27-25-23-19-17-15-13-11-9-2/h27,29,31,33-34,38,40,42,44-47,56-57H,3,8-26,28,30,32,35H2,1-2,4-7H3/b29-27+,33-31+/t38-,40+,42-,44+,45-,46+,47+,48-,49+,50+,51-,52-/m0/s1. The number of ether oxygens (including phenoxy) is 6. The van der Waals surface area contributed by atoms with E-state index in [-0.39, 0.29) is 18.6 Å². The maximum atomic E-state index is 14.3. The fourth-order valence-corrected chi connectivity index (χ4v) is 11.9. The van der Waals surface area contributed by atoms with Crippen LogP contribution in [0.15, 0.2) is 48.1 Å². The van der Waals surface area contributed by atoms with E-state index < -0.39 is 88.3 Å². The number of unbranched alkanes of at least 4 members (excludes halogenated alkanes) is 19. The maximum absolute atomic E-state index is 14.3. The molecule has 12 atom stereocenters. The third-order valence-corrected chi connectivity index (χ3v) is 15.3. The molecule has 0 radical (unpaired) electrons. The molecule has 2 N–H and O–H groups in total. The Morgan fingerprint density at radius 2 is 1.38 bits per heavy atom. The predicted molar refractivity (Wildman–Crippen MR) is 241 cm³/mol. The molecule has 0 spiro atoms. The largest absolute Gasteiger partial charge is 0.462 e. The second-order valence-electron chi connectivity index (χ2n) is 19.8. The van der Waals surface area contributed by atoms with E-state index in [1.165, 1.54) is 103 Å². The third-order valence-electron chi connectivity index (χ3n) is 15.3. The monoisotopic (exact) mass is 881 g/mol. The SMILES string of the molecule is C=C(C)[C@@]12O[C@@]3(/C=C/C=C/CCCCCCCCC)O[C@@H]1[C@@H]1[C@@H]4O[C@]4(COC(=O)CCCCCCCCCCCCCCC)[C@@H](O)[C@]4(O)C(=O)C(C)=C[C@H]4[C@@]1(O3)[C@@H](C)[C@H]2OC(C)=O. The number of fused-ring (bicyclic) bond motifs is 3. The molecule has 6 rings (SSSR count). The molecule has 2 saturated carbocycles. The van der Waals surface area contributed by atoms with Crippen LogP contribution in [0.25, 0.3) is 0 Å². The van der Waals surface area contributed by atoms with Gasteiger partial charge in [0.25, 0.3) is 0 Å². The fourth-order valence-electron chi connectivity index (χ4n) is 11.9. The van der Waals surface area contributed by atoms with Crippen LogP contribution in [-0.4, -0.2) is 87.3 Å². The molecule has 5 fully saturated rings. The summed E-state index contributed by atoms with van der Waals surface area (Å²) in [7, 11) is 0. The number of Topliss-reactive ketones (excluding diaryl/α,β-unsaturated/α-hetero) is 1. The van der Waals surface area contributed by atoms with Crippen LogP contribution in [0, 0.1) is 17.8 Å². The first-order chi connectivity index (χ1) is 30.2. The molecular formula is C52H80O11. The van der Waals surface area contributed by atoms with Gasteiger partial charge in [0.1, 0.15) is 31.0 Å². The first-order valence-electron chi connectivity index (χ1n) is 24.9. The van der Waals surface area contributed by atoms with Crippen LogP contribution in [0.1, 0.15) is 183 Å². The smallest absolute Gasteiger partial charge is 0.307 e. The minimum Gasteiger partial charge on any atom is -0.462 e. The molecule has 11 nitrogen and oxygen atoms in total. The van der Waals surface area contributed by atoms with Gasteiger partial charge >= 0.3 is 17.9 Å². The number of aliphatic hydroxyl groups excluding tert-OH is 1. The molecule has 63 heavy (non-hydrogen) atoms. The highest BCUT2D eigenvalue weighted by atomic mass is 16.9. The molecule has 3 saturated heterocycles. The molecule has 3 aliphatic heterocycles. The number of ketones is 1. The Labute approximate surface area is 377 Å². The lowest BCUT2D eigenvalue weighted by Gasteiger charge is -2.61. The normalized spacial score (nSPS) is 37.2. The highest BCUT2D eigenvalue weighted by Gasteiger charge is 2.90. The zero-order valence-electron chi connectivity index (χ0n) is 39.5. The van der Waals surface area contributed by atoms with E-state index in [0.717, 1.165) is 32.1 Å². The van der Waals surface area contributed by atoms with Gasteiger partial charge in [0.05, 0.1) is 5.60 Å². The van der Waals surface area contributed by atoms with Gasteiger partial charge in [-0.1, -0.05) is 167 Å². The number of esters is 2. The minimum absolute atomic E-state index is 0.208. The predicted octanol–water partition coefficient (Wildman–Crippen LogP) is 10.0. The van der Waals surface area contributed by atoms with Crippen LogP contribution in [0.5, 0.6) is 0 Å². The zero-order valence-corrected chi connectivity index (χ0v) is 39.5. The summed E-state index contributed by atoms with van der Waals surface area (Å²) in [5.74, 6) is -6.18. The molecule has 0 aromatic heterocycles. The molecule has 3 heterocycles. The Morgan fingerprint density at radius 3 is 1.95 bits per heavy atom. The first kappa shape index (κ1) is 49.8. The number of hydrogen-bond acceptors (Lipinski definition) is 11. The van der Waals surface area contributed by atoms with Gasteiger partial charge in [-0.3, -0.25) is 14.4 Å². The molecule has 0 aromatic rings. The van der Waals surface area contributed by atoms with Gasteiger partial charge < -0.3 is 38.6 Å². The Kier molecular flexibility index (Phi) is 16.8. The molecule has 0 amide bonds. The van der Waals surface area contributed by atoms with Crippen molar-refractivity contribution in [2.45, 2.75) is 236 Å². The van der Waals surface area contributed by atoms with E-state index in [9.17, 15) is 24.6 Å². The molecule has 3 aliphatic carbocycles. The lowest BCUT2D eigenvalue weighted by atomic mass is 9.53. The van der Waals surface area contributed by atoms with Crippen molar-refractivity contribution in [3.63, 3.8) is 0 Å². The number of epoxide rings is 1. The van der Waals surface area contributed by atoms with Gasteiger partial charge in [0.15, 0.2) is 22.6 Å². The van der Waals surface area contributed by atoms with Crippen molar-refractivity contribution in [1.29, 1.82) is 0 Å². The average Bonchev–Trinajstić information content (AvgIpc) is 3.86. The Balaban J connectivity index is 1.18. The summed E-state index contributed by atoms with van der Waals surface area (Å²) in [5, 5.41) is 25.2. The van der Waals surface area contributed by atoms with Crippen molar-refractivity contribution in [3.05, 3.63) is 48.1 Å². The summed E-state index contributed by atoms with van der Waals surface area (Å²) in [6, 6.07) is 0. The summed E-state index contributed by atoms with van der Waals surface area (Å²) in [4.78, 5) is 40.5. The van der Waals surface area contributed by atoms with Gasteiger partial charge in [-0.05, 0) is 44.3 Å². The quantitative estimate of drug-likeness (QED) is 0.0254. The number of rotatable bonds is 28. The van der Waals surface area contributed by atoms with E-state index in [4.69, 9.17) is 28.4 Å². The molecule has 11 heteroatoms. The van der Waals surface area contributed by atoms with Crippen LogP contribution in [0.2, 0.25) is 0 Å². The molecule has 6 aliphatic rings.